The number of benzene rings is 1. The van der Waals surface area contributed by atoms with Gasteiger partial charge in [-0.3, -0.25) is 0 Å². The Bertz CT molecular complexity index is 359. The van der Waals surface area contributed by atoms with Gasteiger partial charge < -0.3 is 5.32 Å². The van der Waals surface area contributed by atoms with Gasteiger partial charge in [-0.05, 0) is 43.9 Å². The van der Waals surface area contributed by atoms with Crippen LogP contribution in [0, 0.1) is 5.92 Å². The van der Waals surface area contributed by atoms with Crippen LogP contribution in [0.3, 0.4) is 0 Å². The summed E-state index contributed by atoms with van der Waals surface area (Å²) in [5, 5.41) is 4.74. The molecule has 2 rings (SSSR count). The first kappa shape index (κ1) is 12.1. The SMILES string of the molecule is CC(Nc1ccc(Cl)c(Cl)c1)C1CCCC1. The van der Waals surface area contributed by atoms with Gasteiger partial charge >= 0.3 is 0 Å². The number of nitrogens with one attached hydrogen (secondary N) is 1. The fraction of sp³-hybridized carbons (Fsp3) is 0.538. The van der Waals surface area contributed by atoms with Gasteiger partial charge in [0.1, 0.15) is 0 Å². The number of rotatable bonds is 3. The Morgan fingerprint density at radius 3 is 2.50 bits per heavy atom. The monoisotopic (exact) mass is 257 g/mol. The smallest absolute Gasteiger partial charge is 0.0612 e. The molecule has 0 spiro atoms. The minimum absolute atomic E-state index is 0.514. The maximum Gasteiger partial charge on any atom is 0.0612 e. The molecular formula is C13H17Cl2N. The third kappa shape index (κ3) is 2.83. The summed E-state index contributed by atoms with van der Waals surface area (Å²) in [7, 11) is 0. The van der Waals surface area contributed by atoms with E-state index in [-0.39, 0.29) is 0 Å². The van der Waals surface area contributed by atoms with Gasteiger partial charge in [-0.25, -0.2) is 0 Å². The molecule has 1 nitrogen and oxygen atoms in total. The van der Waals surface area contributed by atoms with Gasteiger partial charge in [-0.2, -0.15) is 0 Å². The van der Waals surface area contributed by atoms with Crippen molar-refractivity contribution in [1.82, 2.24) is 0 Å². The first-order chi connectivity index (χ1) is 7.66. The van der Waals surface area contributed by atoms with E-state index in [1.807, 2.05) is 18.2 Å². The molecule has 0 amide bonds. The van der Waals surface area contributed by atoms with Gasteiger partial charge in [-0.1, -0.05) is 36.0 Å². The lowest BCUT2D eigenvalue weighted by Crippen LogP contribution is -2.23. The number of hydrogen-bond donors (Lipinski definition) is 1. The fourth-order valence-electron chi connectivity index (χ4n) is 2.42. The molecule has 1 aliphatic carbocycles. The molecule has 88 valence electrons. The summed E-state index contributed by atoms with van der Waals surface area (Å²) in [4.78, 5) is 0. The van der Waals surface area contributed by atoms with Crippen LogP contribution in [0.15, 0.2) is 18.2 Å². The summed E-state index contributed by atoms with van der Waals surface area (Å²) in [6.07, 6.45) is 5.43. The van der Waals surface area contributed by atoms with Crippen molar-refractivity contribution < 1.29 is 0 Å². The Hall–Kier alpha value is -0.400. The molecule has 0 aromatic heterocycles. The zero-order chi connectivity index (χ0) is 11.5. The fourth-order valence-corrected chi connectivity index (χ4v) is 2.72. The van der Waals surface area contributed by atoms with Crippen LogP contribution in [0.4, 0.5) is 5.69 Å². The van der Waals surface area contributed by atoms with Gasteiger partial charge in [0.15, 0.2) is 0 Å². The van der Waals surface area contributed by atoms with E-state index in [0.717, 1.165) is 11.6 Å². The van der Waals surface area contributed by atoms with Gasteiger partial charge in [0, 0.05) is 11.7 Å². The molecule has 0 radical (unpaired) electrons. The van der Waals surface area contributed by atoms with Crippen molar-refractivity contribution in [3.8, 4) is 0 Å². The molecule has 1 N–H and O–H groups in total. The molecule has 0 saturated heterocycles. The molecule has 1 saturated carbocycles. The number of hydrogen-bond acceptors (Lipinski definition) is 1. The lowest BCUT2D eigenvalue weighted by atomic mass is 9.99. The first-order valence-electron chi connectivity index (χ1n) is 5.88. The summed E-state index contributed by atoms with van der Waals surface area (Å²) in [5.74, 6) is 0.800. The van der Waals surface area contributed by atoms with E-state index in [0.29, 0.717) is 16.1 Å². The predicted octanol–water partition coefficient (Wildman–Crippen LogP) is 4.98. The second-order valence-electron chi connectivity index (χ2n) is 4.61. The van der Waals surface area contributed by atoms with Gasteiger partial charge in [0.2, 0.25) is 0 Å². The van der Waals surface area contributed by atoms with E-state index in [1.165, 1.54) is 25.7 Å². The lowest BCUT2D eigenvalue weighted by Gasteiger charge is -2.21. The highest BCUT2D eigenvalue weighted by Gasteiger charge is 2.21. The van der Waals surface area contributed by atoms with Crippen LogP contribution in [0.25, 0.3) is 0 Å². The Kier molecular flexibility index (Phi) is 3.99. The summed E-state index contributed by atoms with van der Waals surface area (Å²) in [5.41, 5.74) is 1.06. The largest absolute Gasteiger partial charge is 0.382 e. The highest BCUT2D eigenvalue weighted by molar-refractivity contribution is 6.42. The summed E-state index contributed by atoms with van der Waals surface area (Å²) in [6.45, 7) is 2.25. The Morgan fingerprint density at radius 2 is 1.88 bits per heavy atom. The summed E-state index contributed by atoms with van der Waals surface area (Å²) < 4.78 is 0. The van der Waals surface area contributed by atoms with Crippen molar-refractivity contribution in [1.29, 1.82) is 0 Å². The molecular weight excluding hydrogens is 241 g/mol. The Morgan fingerprint density at radius 1 is 1.19 bits per heavy atom. The second-order valence-corrected chi connectivity index (χ2v) is 5.42. The lowest BCUT2D eigenvalue weighted by molar-refractivity contribution is 0.482. The summed E-state index contributed by atoms with van der Waals surface area (Å²) in [6, 6.07) is 6.24. The molecule has 0 aliphatic heterocycles. The second kappa shape index (κ2) is 5.29. The van der Waals surface area contributed by atoms with Crippen molar-refractivity contribution in [3.63, 3.8) is 0 Å². The standard InChI is InChI=1S/C13H17Cl2N/c1-9(10-4-2-3-5-10)16-11-6-7-12(14)13(15)8-11/h6-10,16H,2-5H2,1H3. The average Bonchev–Trinajstić information content (AvgIpc) is 2.77. The molecule has 0 bridgehead atoms. The molecule has 1 aliphatic rings. The summed E-state index contributed by atoms with van der Waals surface area (Å²) >= 11 is 11.9. The van der Waals surface area contributed by atoms with E-state index in [4.69, 9.17) is 23.2 Å². The zero-order valence-corrected chi connectivity index (χ0v) is 11.0. The van der Waals surface area contributed by atoms with E-state index < -0.39 is 0 Å². The molecule has 1 aromatic carbocycles. The maximum atomic E-state index is 5.99. The third-order valence-electron chi connectivity index (χ3n) is 3.42. The van der Waals surface area contributed by atoms with Crippen molar-refractivity contribution in [2.24, 2.45) is 5.92 Å². The quantitative estimate of drug-likeness (QED) is 0.805. The Balaban J connectivity index is 1.99. The van der Waals surface area contributed by atoms with Crippen LogP contribution in [-0.2, 0) is 0 Å². The van der Waals surface area contributed by atoms with E-state index in [2.05, 4.69) is 12.2 Å². The van der Waals surface area contributed by atoms with E-state index in [9.17, 15) is 0 Å². The number of halogens is 2. The van der Waals surface area contributed by atoms with Crippen LogP contribution in [0.5, 0.6) is 0 Å². The van der Waals surface area contributed by atoms with Crippen molar-refractivity contribution in [2.45, 2.75) is 38.6 Å². The highest BCUT2D eigenvalue weighted by atomic mass is 35.5. The molecule has 0 heterocycles. The van der Waals surface area contributed by atoms with Crippen molar-refractivity contribution >= 4 is 28.9 Å². The minimum atomic E-state index is 0.514. The zero-order valence-electron chi connectivity index (χ0n) is 9.47. The van der Waals surface area contributed by atoms with Crippen LogP contribution >= 0.6 is 23.2 Å². The van der Waals surface area contributed by atoms with Crippen LogP contribution < -0.4 is 5.32 Å². The van der Waals surface area contributed by atoms with Crippen LogP contribution in [0.1, 0.15) is 32.6 Å². The van der Waals surface area contributed by atoms with Gasteiger partial charge in [0.25, 0.3) is 0 Å². The van der Waals surface area contributed by atoms with E-state index in [1.54, 1.807) is 0 Å². The third-order valence-corrected chi connectivity index (χ3v) is 4.16. The number of anilines is 1. The van der Waals surface area contributed by atoms with Gasteiger partial charge in [-0.15, -0.1) is 0 Å². The van der Waals surface area contributed by atoms with Crippen LogP contribution in [0.2, 0.25) is 10.0 Å². The Labute approximate surface area is 107 Å². The van der Waals surface area contributed by atoms with Crippen LogP contribution in [-0.4, -0.2) is 6.04 Å². The normalized spacial score (nSPS) is 18.7. The highest BCUT2D eigenvalue weighted by Crippen LogP contribution is 2.30. The van der Waals surface area contributed by atoms with Gasteiger partial charge in [0.05, 0.1) is 10.0 Å². The van der Waals surface area contributed by atoms with Crippen molar-refractivity contribution in [2.75, 3.05) is 5.32 Å². The minimum Gasteiger partial charge on any atom is -0.382 e. The molecule has 3 heteroatoms. The molecule has 16 heavy (non-hydrogen) atoms. The predicted molar refractivity (Wildman–Crippen MR) is 71.5 cm³/mol. The molecule has 1 unspecified atom stereocenters. The van der Waals surface area contributed by atoms with E-state index >= 15 is 0 Å². The molecule has 1 aromatic rings. The first-order valence-corrected chi connectivity index (χ1v) is 6.64. The average molecular weight is 258 g/mol. The maximum absolute atomic E-state index is 5.99. The topological polar surface area (TPSA) is 12.0 Å². The molecule has 1 atom stereocenters. The van der Waals surface area contributed by atoms with Crippen molar-refractivity contribution in [3.05, 3.63) is 28.2 Å². The molecule has 1 fully saturated rings.